The first-order valence-corrected chi connectivity index (χ1v) is 13.1. The molecule has 0 atom stereocenters. The molecule has 0 amide bonds. The number of carbonyl (C=O) groups excluding carboxylic acids is 1. The van der Waals surface area contributed by atoms with Gasteiger partial charge >= 0.3 is 12.4 Å². The first-order chi connectivity index (χ1) is 18.7. The third-order valence-electron chi connectivity index (χ3n) is 5.48. The minimum atomic E-state index is -5.42. The van der Waals surface area contributed by atoms with Crippen molar-refractivity contribution in [3.05, 3.63) is 127 Å². The van der Waals surface area contributed by atoms with Crippen LogP contribution in [0, 0.1) is 55.2 Å². The molecule has 1 radical (unpaired) electrons. The summed E-state index contributed by atoms with van der Waals surface area (Å²) in [5, 5.41) is 10.3. The van der Waals surface area contributed by atoms with Gasteiger partial charge in [-0.3, -0.25) is 4.79 Å². The number of alkyl halides is 6. The Morgan fingerprint density at radius 1 is 0.659 bits per heavy atom. The molecule has 0 aliphatic heterocycles. The zero-order valence-corrected chi connectivity index (χ0v) is 24.0. The van der Waals surface area contributed by atoms with Gasteiger partial charge < -0.3 is 9.67 Å². The molecule has 215 valence electrons. The van der Waals surface area contributed by atoms with Crippen LogP contribution in [0.15, 0.2) is 121 Å². The van der Waals surface area contributed by atoms with Gasteiger partial charge in [-0.15, -0.1) is 0 Å². The number of hydrogen-bond acceptors (Lipinski definition) is 3. The van der Waals surface area contributed by atoms with Crippen molar-refractivity contribution >= 4 is 28.8 Å². The second-order valence-electron chi connectivity index (χ2n) is 8.19. The first-order valence-electron chi connectivity index (χ1n) is 11.4. The molecule has 41 heavy (non-hydrogen) atoms. The van der Waals surface area contributed by atoms with Gasteiger partial charge in [0.25, 0.3) is 5.78 Å². The Morgan fingerprint density at radius 3 is 1.54 bits per heavy atom. The van der Waals surface area contributed by atoms with E-state index in [9.17, 15) is 40.1 Å². The molecule has 3 nitrogen and oxygen atoms in total. The van der Waals surface area contributed by atoms with E-state index in [1.54, 1.807) is 12.1 Å². The van der Waals surface area contributed by atoms with E-state index in [1.165, 1.54) is 12.1 Å². The molecule has 0 saturated carbocycles. The van der Waals surface area contributed by atoms with Crippen LogP contribution in [0.2, 0.25) is 0 Å². The van der Waals surface area contributed by atoms with E-state index in [0.29, 0.717) is 0 Å². The van der Waals surface area contributed by atoms with Crippen molar-refractivity contribution in [2.75, 3.05) is 0 Å². The summed E-state index contributed by atoms with van der Waals surface area (Å²) >= 11 is 0. The normalized spacial score (nSPS) is 12.0. The minimum absolute atomic E-state index is 0. The molecular weight excluding hydrogens is 712 g/mol. The number of allylic oxidation sites excluding steroid dienone is 2. The quantitative estimate of drug-likeness (QED) is 0.102. The molecule has 0 saturated heterocycles. The van der Waals surface area contributed by atoms with E-state index in [0.717, 1.165) is 27.0 Å². The Bertz CT molecular complexity index is 1480. The van der Waals surface area contributed by atoms with E-state index in [2.05, 4.69) is 0 Å². The Labute approximate surface area is 271 Å². The number of hydrogen-bond donors (Lipinski definition) is 1. The van der Waals surface area contributed by atoms with Gasteiger partial charge in [-0.25, -0.2) is 4.39 Å². The van der Waals surface area contributed by atoms with Gasteiger partial charge in [-0.1, -0.05) is 97.1 Å². The molecule has 0 aromatic heterocycles. The molecule has 0 aliphatic carbocycles. The van der Waals surface area contributed by atoms with Crippen molar-refractivity contribution in [1.29, 1.82) is 0 Å². The van der Waals surface area contributed by atoms with Crippen molar-refractivity contribution in [1.82, 2.24) is 0 Å². The fraction of sp³-hybridized carbons (Fsp3) is 0.0690. The SMILES string of the molecule is O=C(/C=C(\O)C(F)(F)F)C(F)(F)F.O=P(c1ccccc1)(c1ccccc1)c1ccccc1-c1ccc(F)cc1.[Eu]. The standard InChI is InChI=1S/C24H18FOP.C5H2F6O2.Eu/c25-20-17-15-19(16-18-20)23-13-7-8-14-24(23)27(26,21-9-3-1-4-10-21)22-11-5-2-6-12-22;6-4(7,8)2(12)1-3(13)5(9,10)11;/h1-18H;1,12H;/b;2-1-;. The molecule has 0 aliphatic rings. The molecule has 4 aromatic rings. The van der Waals surface area contributed by atoms with Gasteiger partial charge in [0.2, 0.25) is 5.76 Å². The number of halogens is 7. The molecule has 0 spiro atoms. The summed E-state index contributed by atoms with van der Waals surface area (Å²) in [6.45, 7) is 0. The van der Waals surface area contributed by atoms with Crippen LogP contribution in [0.1, 0.15) is 0 Å². The maximum absolute atomic E-state index is 14.6. The van der Waals surface area contributed by atoms with Crippen LogP contribution in [0.4, 0.5) is 30.7 Å². The second kappa shape index (κ2) is 14.5. The van der Waals surface area contributed by atoms with E-state index in [1.807, 2.05) is 84.9 Å². The van der Waals surface area contributed by atoms with Crippen LogP contribution in [0.5, 0.6) is 0 Å². The largest absolute Gasteiger partial charge is 0.504 e. The van der Waals surface area contributed by atoms with Crippen LogP contribution in [-0.2, 0) is 9.36 Å². The molecule has 0 bridgehead atoms. The fourth-order valence-electron chi connectivity index (χ4n) is 3.61. The van der Waals surface area contributed by atoms with Gasteiger partial charge in [0, 0.05) is 71.4 Å². The Kier molecular flexibility index (Phi) is 12.3. The maximum atomic E-state index is 14.6. The van der Waals surface area contributed by atoms with E-state index < -0.39 is 37.1 Å². The predicted molar refractivity (Wildman–Crippen MR) is 139 cm³/mol. The molecule has 12 heteroatoms. The average molecular weight is 732 g/mol. The topological polar surface area (TPSA) is 54.4 Å². The van der Waals surface area contributed by atoms with Crippen LogP contribution in [-0.4, -0.2) is 23.2 Å². The molecule has 1 N–H and O–H groups in total. The number of benzene rings is 4. The van der Waals surface area contributed by atoms with Crippen molar-refractivity contribution in [3.63, 3.8) is 0 Å². The van der Waals surface area contributed by atoms with Crippen LogP contribution in [0.3, 0.4) is 0 Å². The molecule has 4 aromatic carbocycles. The predicted octanol–water partition coefficient (Wildman–Crippen LogP) is 7.25. The van der Waals surface area contributed by atoms with Gasteiger partial charge in [-0.2, -0.15) is 26.3 Å². The summed E-state index contributed by atoms with van der Waals surface area (Å²) in [7, 11) is -3.09. The smallest absolute Gasteiger partial charge is 0.454 e. The van der Waals surface area contributed by atoms with Gasteiger partial charge in [0.15, 0.2) is 7.14 Å². The van der Waals surface area contributed by atoms with Crippen molar-refractivity contribution in [3.8, 4) is 11.1 Å². The zero-order chi connectivity index (χ0) is 29.6. The number of rotatable bonds is 5. The summed E-state index contributed by atoms with van der Waals surface area (Å²) in [6, 6.07) is 33.1. The summed E-state index contributed by atoms with van der Waals surface area (Å²) in [4.78, 5) is 9.86. The van der Waals surface area contributed by atoms with E-state index in [-0.39, 0.29) is 55.2 Å². The van der Waals surface area contributed by atoms with Gasteiger partial charge in [-0.05, 0) is 23.3 Å². The Hall–Kier alpha value is -2.59. The van der Waals surface area contributed by atoms with E-state index in [4.69, 9.17) is 5.11 Å². The number of carbonyl (C=O) groups is 1. The van der Waals surface area contributed by atoms with Gasteiger partial charge in [0.05, 0.1) is 0 Å². The number of ketones is 1. The average Bonchev–Trinajstić information content (AvgIpc) is 2.93. The van der Waals surface area contributed by atoms with Crippen LogP contribution < -0.4 is 15.9 Å². The van der Waals surface area contributed by atoms with Gasteiger partial charge in [0.1, 0.15) is 5.82 Å². The summed E-state index contributed by atoms with van der Waals surface area (Å²) < 4.78 is 96.1. The molecule has 0 fully saturated rings. The summed E-state index contributed by atoms with van der Waals surface area (Å²) in [5.41, 5.74) is 1.70. The second-order valence-corrected chi connectivity index (χ2v) is 10.9. The molecular formula is C29H20EuF7O3P. The molecule has 4 rings (SSSR count). The third kappa shape index (κ3) is 8.95. The van der Waals surface area contributed by atoms with Crippen molar-refractivity contribution in [2.45, 2.75) is 12.4 Å². The minimum Gasteiger partial charge on any atom is -0.504 e. The van der Waals surface area contributed by atoms with Crippen LogP contribution >= 0.6 is 7.14 Å². The number of aliphatic hydroxyl groups is 1. The van der Waals surface area contributed by atoms with Crippen molar-refractivity contribution < 1.29 is 94.6 Å². The monoisotopic (exact) mass is 733 g/mol. The Morgan fingerprint density at radius 2 is 1.10 bits per heavy atom. The Balaban J connectivity index is 0.000000360. The number of aliphatic hydroxyl groups excluding tert-OH is 1. The summed E-state index contributed by atoms with van der Waals surface area (Å²) in [5.74, 6) is -5.62. The molecule has 0 heterocycles. The third-order valence-corrected chi connectivity index (χ3v) is 8.59. The molecule has 0 unspecified atom stereocenters. The first kappa shape index (κ1) is 34.6. The maximum Gasteiger partial charge on any atom is 0.454 e. The van der Waals surface area contributed by atoms with Crippen molar-refractivity contribution in [2.24, 2.45) is 0 Å². The fourth-order valence-corrected chi connectivity index (χ4v) is 6.49. The van der Waals surface area contributed by atoms with Crippen LogP contribution in [0.25, 0.3) is 11.1 Å². The zero-order valence-electron chi connectivity index (χ0n) is 20.7. The summed E-state index contributed by atoms with van der Waals surface area (Å²) in [6.07, 6.45) is -11.7. The van der Waals surface area contributed by atoms with E-state index >= 15 is 0 Å².